The predicted molar refractivity (Wildman–Crippen MR) is 90.4 cm³/mol. The van der Waals surface area contributed by atoms with Crippen LogP contribution in [0.4, 0.5) is 15.8 Å². The first-order valence-electron chi connectivity index (χ1n) is 7.26. The number of carbonyl (C=O) groups excluding carboxylic acids is 1. The van der Waals surface area contributed by atoms with Gasteiger partial charge in [0.15, 0.2) is 0 Å². The molecule has 4 nitrogen and oxygen atoms in total. The summed E-state index contributed by atoms with van der Waals surface area (Å²) in [7, 11) is 0. The maximum absolute atomic E-state index is 13.7. The van der Waals surface area contributed by atoms with Crippen molar-refractivity contribution >= 4 is 28.9 Å². The second kappa shape index (κ2) is 8.50. The number of nitrogens with zero attached hydrogens (tertiary/aromatic N) is 1. The molecule has 0 saturated carbocycles. The van der Waals surface area contributed by atoms with Crippen molar-refractivity contribution in [1.29, 1.82) is 0 Å². The van der Waals surface area contributed by atoms with Crippen LogP contribution in [0.2, 0.25) is 5.02 Å². The van der Waals surface area contributed by atoms with Crippen molar-refractivity contribution in [1.82, 2.24) is 0 Å². The minimum Gasteiger partial charge on any atom is -0.396 e. The molecule has 0 atom stereocenters. The summed E-state index contributed by atoms with van der Waals surface area (Å²) in [5, 5.41) is 11.9. The van der Waals surface area contributed by atoms with Gasteiger partial charge in [0, 0.05) is 23.9 Å². The monoisotopic (exact) mass is 336 g/mol. The Morgan fingerprint density at radius 3 is 2.65 bits per heavy atom. The van der Waals surface area contributed by atoms with E-state index in [1.807, 2.05) is 35.2 Å². The minimum atomic E-state index is -0.538. The fraction of sp³-hybridized carbons (Fsp3) is 0.235. The minimum absolute atomic E-state index is 0.0356. The van der Waals surface area contributed by atoms with Gasteiger partial charge in [-0.25, -0.2) is 4.39 Å². The molecule has 0 radical (unpaired) electrons. The predicted octanol–water partition coefficient (Wildman–Crippen LogP) is 3.31. The molecule has 2 rings (SSSR count). The number of benzene rings is 2. The van der Waals surface area contributed by atoms with Crippen LogP contribution < -0.4 is 10.2 Å². The summed E-state index contributed by atoms with van der Waals surface area (Å²) < 4.78 is 13.7. The SMILES string of the molecule is O=C(CN(CCCO)c1ccccc1)Nc1cc(Cl)ccc1F. The van der Waals surface area contributed by atoms with Gasteiger partial charge in [0.2, 0.25) is 5.91 Å². The zero-order valence-electron chi connectivity index (χ0n) is 12.5. The highest BCUT2D eigenvalue weighted by Gasteiger charge is 2.13. The Kier molecular flexibility index (Phi) is 6.38. The number of para-hydroxylation sites is 1. The number of aliphatic hydroxyl groups excluding tert-OH is 1. The normalized spacial score (nSPS) is 10.4. The summed E-state index contributed by atoms with van der Waals surface area (Å²) in [6, 6.07) is 13.4. The Labute approximate surface area is 139 Å². The van der Waals surface area contributed by atoms with Crippen LogP contribution in [0.25, 0.3) is 0 Å². The van der Waals surface area contributed by atoms with E-state index in [1.165, 1.54) is 18.2 Å². The lowest BCUT2D eigenvalue weighted by Crippen LogP contribution is -2.34. The van der Waals surface area contributed by atoms with Gasteiger partial charge < -0.3 is 15.3 Å². The van der Waals surface area contributed by atoms with E-state index in [2.05, 4.69) is 5.32 Å². The van der Waals surface area contributed by atoms with Gasteiger partial charge in [-0.15, -0.1) is 0 Å². The molecule has 6 heteroatoms. The van der Waals surface area contributed by atoms with Crippen molar-refractivity contribution in [3.63, 3.8) is 0 Å². The number of amides is 1. The van der Waals surface area contributed by atoms with Crippen molar-refractivity contribution in [3.05, 3.63) is 59.4 Å². The van der Waals surface area contributed by atoms with Crippen molar-refractivity contribution < 1.29 is 14.3 Å². The van der Waals surface area contributed by atoms with E-state index in [9.17, 15) is 9.18 Å². The van der Waals surface area contributed by atoms with E-state index in [-0.39, 0.29) is 24.7 Å². The second-order valence-electron chi connectivity index (χ2n) is 5.01. The summed E-state index contributed by atoms with van der Waals surface area (Å²) in [5.41, 5.74) is 0.917. The van der Waals surface area contributed by atoms with Gasteiger partial charge in [0.25, 0.3) is 0 Å². The number of carbonyl (C=O) groups is 1. The molecular weight excluding hydrogens is 319 g/mol. The van der Waals surface area contributed by atoms with Crippen LogP contribution in [-0.2, 0) is 4.79 Å². The van der Waals surface area contributed by atoms with Crippen LogP contribution in [0.3, 0.4) is 0 Å². The molecule has 0 bridgehead atoms. The van der Waals surface area contributed by atoms with Gasteiger partial charge in [0.1, 0.15) is 5.82 Å². The lowest BCUT2D eigenvalue weighted by molar-refractivity contribution is -0.115. The zero-order chi connectivity index (χ0) is 16.7. The molecule has 0 spiro atoms. The highest BCUT2D eigenvalue weighted by Crippen LogP contribution is 2.20. The van der Waals surface area contributed by atoms with Crippen LogP contribution in [-0.4, -0.2) is 30.7 Å². The fourth-order valence-electron chi connectivity index (χ4n) is 2.16. The van der Waals surface area contributed by atoms with Gasteiger partial charge >= 0.3 is 0 Å². The van der Waals surface area contributed by atoms with Gasteiger partial charge in [-0.05, 0) is 36.8 Å². The van der Waals surface area contributed by atoms with E-state index in [0.29, 0.717) is 18.0 Å². The Hall–Kier alpha value is -2.11. The molecule has 0 heterocycles. The summed E-state index contributed by atoms with van der Waals surface area (Å²) >= 11 is 5.81. The summed E-state index contributed by atoms with van der Waals surface area (Å²) in [4.78, 5) is 14.0. The molecule has 0 aliphatic rings. The average Bonchev–Trinajstić information content (AvgIpc) is 2.55. The van der Waals surface area contributed by atoms with Crippen molar-refractivity contribution in [2.24, 2.45) is 0 Å². The first-order valence-corrected chi connectivity index (χ1v) is 7.63. The van der Waals surface area contributed by atoms with E-state index in [0.717, 1.165) is 5.69 Å². The highest BCUT2D eigenvalue weighted by atomic mass is 35.5. The standard InChI is InChI=1S/C17H18ClFN2O2/c18-13-7-8-15(19)16(11-13)20-17(23)12-21(9-4-10-22)14-5-2-1-3-6-14/h1-3,5-8,11,22H,4,9-10,12H2,(H,20,23). The number of anilines is 2. The maximum atomic E-state index is 13.7. The van der Waals surface area contributed by atoms with Crippen molar-refractivity contribution in [2.45, 2.75) is 6.42 Å². The molecule has 0 unspecified atom stereocenters. The number of aliphatic hydroxyl groups is 1. The van der Waals surface area contributed by atoms with E-state index in [4.69, 9.17) is 16.7 Å². The molecule has 0 aliphatic carbocycles. The van der Waals surface area contributed by atoms with Crippen LogP contribution in [0.5, 0.6) is 0 Å². The third-order valence-electron chi connectivity index (χ3n) is 3.24. The third kappa shape index (κ3) is 5.23. The molecule has 1 amide bonds. The van der Waals surface area contributed by atoms with E-state index in [1.54, 1.807) is 0 Å². The average molecular weight is 337 g/mol. The second-order valence-corrected chi connectivity index (χ2v) is 5.44. The molecule has 2 N–H and O–H groups in total. The first-order chi connectivity index (χ1) is 11.1. The maximum Gasteiger partial charge on any atom is 0.243 e. The van der Waals surface area contributed by atoms with E-state index < -0.39 is 5.82 Å². The zero-order valence-corrected chi connectivity index (χ0v) is 13.3. The number of hydrogen-bond acceptors (Lipinski definition) is 3. The lowest BCUT2D eigenvalue weighted by atomic mass is 10.2. The number of rotatable bonds is 7. The smallest absolute Gasteiger partial charge is 0.243 e. The van der Waals surface area contributed by atoms with Crippen molar-refractivity contribution in [2.75, 3.05) is 29.9 Å². The number of nitrogens with one attached hydrogen (secondary N) is 1. The van der Waals surface area contributed by atoms with Gasteiger partial charge in [-0.1, -0.05) is 29.8 Å². The summed E-state index contributed by atoms with van der Waals surface area (Å²) in [6.07, 6.45) is 0.535. The van der Waals surface area contributed by atoms with Gasteiger partial charge in [-0.2, -0.15) is 0 Å². The largest absolute Gasteiger partial charge is 0.396 e. The first kappa shape index (κ1) is 17.2. The molecule has 0 fully saturated rings. The fourth-order valence-corrected chi connectivity index (χ4v) is 2.33. The Bertz CT molecular complexity index is 652. The molecular formula is C17H18ClFN2O2. The molecule has 2 aromatic carbocycles. The molecule has 0 saturated heterocycles. The quantitative estimate of drug-likeness (QED) is 0.815. The molecule has 2 aromatic rings. The van der Waals surface area contributed by atoms with Crippen LogP contribution in [0, 0.1) is 5.82 Å². The highest BCUT2D eigenvalue weighted by molar-refractivity contribution is 6.30. The van der Waals surface area contributed by atoms with Crippen molar-refractivity contribution in [3.8, 4) is 0 Å². The lowest BCUT2D eigenvalue weighted by Gasteiger charge is -2.24. The third-order valence-corrected chi connectivity index (χ3v) is 3.48. The molecule has 23 heavy (non-hydrogen) atoms. The number of halogens is 2. The van der Waals surface area contributed by atoms with Gasteiger partial charge in [-0.3, -0.25) is 4.79 Å². The van der Waals surface area contributed by atoms with Gasteiger partial charge in [0.05, 0.1) is 12.2 Å². The van der Waals surface area contributed by atoms with Crippen LogP contribution in [0.1, 0.15) is 6.42 Å². The molecule has 0 aliphatic heterocycles. The number of hydrogen-bond donors (Lipinski definition) is 2. The van der Waals surface area contributed by atoms with Crippen LogP contribution >= 0.6 is 11.6 Å². The molecule has 0 aromatic heterocycles. The Morgan fingerprint density at radius 2 is 1.96 bits per heavy atom. The summed E-state index contributed by atoms with van der Waals surface area (Å²) in [6.45, 7) is 0.607. The Morgan fingerprint density at radius 1 is 1.22 bits per heavy atom. The molecule has 122 valence electrons. The summed E-state index contributed by atoms with van der Waals surface area (Å²) in [5.74, 6) is -0.891. The van der Waals surface area contributed by atoms with E-state index >= 15 is 0 Å². The Balaban J connectivity index is 2.06. The topological polar surface area (TPSA) is 52.6 Å². The van der Waals surface area contributed by atoms with Crippen LogP contribution in [0.15, 0.2) is 48.5 Å².